The van der Waals surface area contributed by atoms with Crippen LogP contribution in [0.2, 0.25) is 0 Å². The summed E-state index contributed by atoms with van der Waals surface area (Å²) in [4.78, 5) is 11.8. The number of nitrogens with one attached hydrogen (secondary N) is 1. The monoisotopic (exact) mass is 251 g/mol. The maximum Gasteiger partial charge on any atom is 0.220 e. The lowest BCUT2D eigenvalue weighted by Crippen LogP contribution is -2.28. The van der Waals surface area contributed by atoms with E-state index < -0.39 is 0 Å². The second-order valence-corrected chi connectivity index (χ2v) is 6.35. The van der Waals surface area contributed by atoms with Crippen LogP contribution >= 0.6 is 0 Å². The van der Waals surface area contributed by atoms with Crippen LogP contribution in [-0.4, -0.2) is 12.5 Å². The first kappa shape index (κ1) is 13.9. The van der Waals surface area contributed by atoms with Crippen molar-refractivity contribution in [3.8, 4) is 0 Å². The average Bonchev–Trinajstić information content (AvgIpc) is 2.41. The van der Waals surface area contributed by atoms with Crippen molar-refractivity contribution < 1.29 is 4.79 Å². The van der Waals surface area contributed by atoms with Gasteiger partial charge in [-0.25, -0.2) is 0 Å². The highest BCUT2D eigenvalue weighted by molar-refractivity contribution is 5.76. The summed E-state index contributed by atoms with van der Waals surface area (Å²) < 4.78 is 0. The fourth-order valence-corrected chi connectivity index (χ4v) is 3.62. The Labute approximate surface area is 112 Å². The van der Waals surface area contributed by atoms with Crippen LogP contribution in [0.5, 0.6) is 0 Å². The number of carbonyl (C=O) groups is 1. The Morgan fingerprint density at radius 3 is 2.00 bits per heavy atom. The minimum Gasteiger partial charge on any atom is -0.356 e. The van der Waals surface area contributed by atoms with E-state index in [4.69, 9.17) is 0 Å². The van der Waals surface area contributed by atoms with Crippen molar-refractivity contribution in [2.75, 3.05) is 6.54 Å². The topological polar surface area (TPSA) is 29.1 Å². The molecule has 0 aliphatic heterocycles. The maximum absolute atomic E-state index is 11.8. The summed E-state index contributed by atoms with van der Waals surface area (Å²) in [5, 5.41) is 3.14. The summed E-state index contributed by atoms with van der Waals surface area (Å²) in [6.45, 7) is 0.913. The molecule has 0 aromatic heterocycles. The third kappa shape index (κ3) is 4.99. The molecule has 2 nitrogen and oxygen atoms in total. The van der Waals surface area contributed by atoms with E-state index in [1.807, 2.05) is 0 Å². The molecule has 0 aromatic rings. The molecule has 0 radical (unpaired) electrons. The Bertz CT molecular complexity index is 239. The fraction of sp³-hybridized carbons (Fsp3) is 0.938. The number of hydrogen-bond acceptors (Lipinski definition) is 1. The lowest BCUT2D eigenvalue weighted by Gasteiger charge is -2.23. The van der Waals surface area contributed by atoms with Crippen molar-refractivity contribution >= 4 is 5.91 Å². The molecule has 2 fully saturated rings. The standard InChI is InChI=1S/C16H29NO/c18-16(13-15-9-5-2-6-10-15)17-12-11-14-7-3-1-4-8-14/h14-15H,1-13H2,(H,17,18). The minimum atomic E-state index is 0.303. The van der Waals surface area contributed by atoms with E-state index in [0.717, 1.165) is 18.9 Å². The van der Waals surface area contributed by atoms with E-state index in [9.17, 15) is 4.79 Å². The van der Waals surface area contributed by atoms with Gasteiger partial charge in [-0.3, -0.25) is 4.79 Å². The molecule has 0 spiro atoms. The van der Waals surface area contributed by atoms with Gasteiger partial charge in [0.1, 0.15) is 0 Å². The summed E-state index contributed by atoms with van der Waals surface area (Å²) in [6.07, 6.45) is 15.6. The van der Waals surface area contributed by atoms with Gasteiger partial charge in [-0.1, -0.05) is 51.4 Å². The van der Waals surface area contributed by atoms with Crippen molar-refractivity contribution in [3.63, 3.8) is 0 Å². The van der Waals surface area contributed by atoms with Gasteiger partial charge in [0.15, 0.2) is 0 Å². The van der Waals surface area contributed by atoms with Crippen LogP contribution in [0.15, 0.2) is 0 Å². The van der Waals surface area contributed by atoms with Crippen molar-refractivity contribution in [3.05, 3.63) is 0 Å². The van der Waals surface area contributed by atoms with Crippen molar-refractivity contribution in [2.45, 2.75) is 77.0 Å². The molecule has 0 unspecified atom stereocenters. The fourth-order valence-electron chi connectivity index (χ4n) is 3.62. The number of amides is 1. The quantitative estimate of drug-likeness (QED) is 0.785. The zero-order valence-electron chi connectivity index (χ0n) is 11.8. The van der Waals surface area contributed by atoms with Crippen LogP contribution in [0.3, 0.4) is 0 Å². The van der Waals surface area contributed by atoms with Crippen molar-refractivity contribution in [2.24, 2.45) is 11.8 Å². The molecule has 2 rings (SSSR count). The van der Waals surface area contributed by atoms with Crippen LogP contribution in [-0.2, 0) is 4.79 Å². The third-order valence-corrected chi connectivity index (χ3v) is 4.80. The molecular formula is C16H29NO. The zero-order chi connectivity index (χ0) is 12.6. The van der Waals surface area contributed by atoms with E-state index in [0.29, 0.717) is 11.8 Å². The number of carbonyl (C=O) groups excluding carboxylic acids is 1. The maximum atomic E-state index is 11.8. The summed E-state index contributed by atoms with van der Waals surface area (Å²) >= 11 is 0. The Balaban J connectivity index is 1.53. The summed E-state index contributed by atoms with van der Waals surface area (Å²) in [5.41, 5.74) is 0. The van der Waals surface area contributed by atoms with E-state index >= 15 is 0 Å². The number of hydrogen-bond donors (Lipinski definition) is 1. The van der Waals surface area contributed by atoms with Crippen LogP contribution in [0, 0.1) is 11.8 Å². The molecule has 0 atom stereocenters. The largest absolute Gasteiger partial charge is 0.356 e. The Morgan fingerprint density at radius 2 is 1.39 bits per heavy atom. The molecule has 1 N–H and O–H groups in total. The van der Waals surface area contributed by atoms with Crippen LogP contribution in [0.1, 0.15) is 77.0 Å². The molecule has 2 aliphatic rings. The molecule has 0 saturated heterocycles. The molecule has 18 heavy (non-hydrogen) atoms. The van der Waals surface area contributed by atoms with Crippen LogP contribution in [0.25, 0.3) is 0 Å². The lowest BCUT2D eigenvalue weighted by atomic mass is 9.86. The summed E-state index contributed by atoms with van der Waals surface area (Å²) in [7, 11) is 0. The average molecular weight is 251 g/mol. The number of rotatable bonds is 5. The Hall–Kier alpha value is -0.530. The highest BCUT2D eigenvalue weighted by Gasteiger charge is 2.17. The molecular weight excluding hydrogens is 222 g/mol. The van der Waals surface area contributed by atoms with E-state index in [1.165, 1.54) is 70.6 Å². The smallest absolute Gasteiger partial charge is 0.220 e. The first-order chi connectivity index (χ1) is 8.84. The molecule has 0 heterocycles. The summed E-state index contributed by atoms with van der Waals surface area (Å²) in [6, 6.07) is 0. The third-order valence-electron chi connectivity index (χ3n) is 4.80. The highest BCUT2D eigenvalue weighted by atomic mass is 16.1. The van der Waals surface area contributed by atoms with E-state index in [-0.39, 0.29) is 0 Å². The van der Waals surface area contributed by atoms with Gasteiger partial charge in [0.25, 0.3) is 0 Å². The van der Waals surface area contributed by atoms with E-state index in [1.54, 1.807) is 0 Å². The predicted molar refractivity (Wildman–Crippen MR) is 75.4 cm³/mol. The minimum absolute atomic E-state index is 0.303. The van der Waals surface area contributed by atoms with Gasteiger partial charge >= 0.3 is 0 Å². The van der Waals surface area contributed by atoms with Gasteiger partial charge in [0.2, 0.25) is 5.91 Å². The van der Waals surface area contributed by atoms with Gasteiger partial charge in [0.05, 0.1) is 0 Å². The van der Waals surface area contributed by atoms with Gasteiger partial charge in [-0.2, -0.15) is 0 Å². The van der Waals surface area contributed by atoms with Crippen LogP contribution in [0.4, 0.5) is 0 Å². The molecule has 104 valence electrons. The summed E-state index contributed by atoms with van der Waals surface area (Å²) in [5.74, 6) is 1.86. The molecule has 1 amide bonds. The second kappa shape index (κ2) is 7.81. The normalized spacial score (nSPS) is 22.9. The van der Waals surface area contributed by atoms with Gasteiger partial charge in [-0.15, -0.1) is 0 Å². The molecule has 0 aromatic carbocycles. The van der Waals surface area contributed by atoms with Gasteiger partial charge in [-0.05, 0) is 31.1 Å². The predicted octanol–water partition coefficient (Wildman–Crippen LogP) is 4.04. The zero-order valence-corrected chi connectivity index (χ0v) is 11.8. The molecule has 2 heteroatoms. The first-order valence-corrected chi connectivity index (χ1v) is 8.11. The van der Waals surface area contributed by atoms with Gasteiger partial charge < -0.3 is 5.32 Å². The van der Waals surface area contributed by atoms with E-state index in [2.05, 4.69) is 5.32 Å². The van der Waals surface area contributed by atoms with Crippen LogP contribution < -0.4 is 5.32 Å². The lowest BCUT2D eigenvalue weighted by molar-refractivity contribution is -0.122. The highest BCUT2D eigenvalue weighted by Crippen LogP contribution is 2.27. The first-order valence-electron chi connectivity index (χ1n) is 8.11. The van der Waals surface area contributed by atoms with Crippen molar-refractivity contribution in [1.29, 1.82) is 0 Å². The molecule has 2 aliphatic carbocycles. The van der Waals surface area contributed by atoms with Crippen molar-refractivity contribution in [1.82, 2.24) is 5.32 Å². The Morgan fingerprint density at radius 1 is 0.833 bits per heavy atom. The molecule has 2 saturated carbocycles. The molecule has 0 bridgehead atoms. The van der Waals surface area contributed by atoms with Gasteiger partial charge in [0, 0.05) is 13.0 Å². The SMILES string of the molecule is O=C(CC1CCCCC1)NCCC1CCCCC1. The Kier molecular flexibility index (Phi) is 6.02. The second-order valence-electron chi connectivity index (χ2n) is 6.35.